The summed E-state index contributed by atoms with van der Waals surface area (Å²) in [6.07, 6.45) is 0.926. The molecule has 0 aromatic carbocycles. The molecule has 0 aliphatic rings. The van der Waals surface area contributed by atoms with Crippen molar-refractivity contribution in [3.8, 4) is 0 Å². The molecular weight excluding hydrogens is 230 g/mol. The normalized spacial score (nSPS) is 13.4. The lowest BCUT2D eigenvalue weighted by Crippen LogP contribution is -2.26. The number of H-pyrrole nitrogens is 1. The van der Waals surface area contributed by atoms with E-state index in [4.69, 9.17) is 0 Å². The first-order valence-electron chi connectivity index (χ1n) is 6.32. The summed E-state index contributed by atoms with van der Waals surface area (Å²) in [5.74, 6) is 1.17. The van der Waals surface area contributed by atoms with Crippen molar-refractivity contribution in [3.05, 3.63) is 22.2 Å². The Labute approximate surface area is 108 Å². The zero-order valence-electron chi connectivity index (χ0n) is 11.6. The second kappa shape index (κ2) is 6.00. The SMILES string of the molecule is CCc1nc(NCC(O)CC(C)(C)C)cc(=O)[nH]1. The quantitative estimate of drug-likeness (QED) is 0.744. The molecule has 5 heteroatoms. The van der Waals surface area contributed by atoms with Gasteiger partial charge in [0, 0.05) is 19.0 Å². The van der Waals surface area contributed by atoms with E-state index >= 15 is 0 Å². The standard InChI is InChI=1S/C13H23N3O2/c1-5-10-15-11(6-12(18)16-10)14-8-9(17)7-13(2,3)4/h6,9,17H,5,7-8H2,1-4H3,(H2,14,15,16,18). The van der Waals surface area contributed by atoms with Gasteiger partial charge in [-0.3, -0.25) is 4.79 Å². The predicted octanol–water partition coefficient (Wildman–Crippen LogP) is 1.54. The molecule has 0 saturated carbocycles. The minimum Gasteiger partial charge on any atom is -0.391 e. The first-order valence-corrected chi connectivity index (χ1v) is 6.32. The summed E-state index contributed by atoms with van der Waals surface area (Å²) >= 11 is 0. The molecule has 1 rings (SSSR count). The van der Waals surface area contributed by atoms with E-state index in [0.29, 0.717) is 31.0 Å². The molecule has 1 aromatic rings. The number of rotatable bonds is 5. The number of aromatic amines is 1. The number of aliphatic hydroxyl groups is 1. The van der Waals surface area contributed by atoms with Crippen LogP contribution in [0, 0.1) is 5.41 Å². The van der Waals surface area contributed by atoms with E-state index in [1.54, 1.807) is 0 Å². The summed E-state index contributed by atoms with van der Waals surface area (Å²) in [5.41, 5.74) is -0.0910. The summed E-state index contributed by atoms with van der Waals surface area (Å²) in [5, 5.41) is 12.9. The van der Waals surface area contributed by atoms with Crippen molar-refractivity contribution in [2.24, 2.45) is 5.41 Å². The highest BCUT2D eigenvalue weighted by Crippen LogP contribution is 2.20. The number of nitrogens with zero attached hydrogens (tertiary/aromatic N) is 1. The summed E-state index contributed by atoms with van der Waals surface area (Å²) < 4.78 is 0. The van der Waals surface area contributed by atoms with Gasteiger partial charge in [0.15, 0.2) is 0 Å². The molecule has 0 saturated heterocycles. The number of aryl methyl sites for hydroxylation is 1. The van der Waals surface area contributed by atoms with Crippen molar-refractivity contribution in [2.45, 2.75) is 46.6 Å². The number of hydrogen-bond donors (Lipinski definition) is 3. The third kappa shape index (κ3) is 5.31. The predicted molar refractivity (Wildman–Crippen MR) is 72.8 cm³/mol. The molecule has 0 aliphatic carbocycles. The van der Waals surface area contributed by atoms with Gasteiger partial charge in [0.05, 0.1) is 6.10 Å². The van der Waals surface area contributed by atoms with Gasteiger partial charge < -0.3 is 15.4 Å². The first kappa shape index (κ1) is 14.7. The average Bonchev–Trinajstić information content (AvgIpc) is 2.23. The van der Waals surface area contributed by atoms with E-state index in [-0.39, 0.29) is 11.0 Å². The lowest BCUT2D eigenvalue weighted by Gasteiger charge is -2.22. The van der Waals surface area contributed by atoms with Crippen LogP contribution in [0.15, 0.2) is 10.9 Å². The zero-order valence-corrected chi connectivity index (χ0v) is 11.6. The molecule has 3 N–H and O–H groups in total. The summed E-state index contributed by atoms with van der Waals surface area (Å²) in [4.78, 5) is 18.2. The van der Waals surface area contributed by atoms with Crippen molar-refractivity contribution in [1.29, 1.82) is 0 Å². The Morgan fingerprint density at radius 3 is 2.72 bits per heavy atom. The van der Waals surface area contributed by atoms with E-state index in [2.05, 4.69) is 36.1 Å². The third-order valence-corrected chi connectivity index (χ3v) is 2.49. The second-order valence-electron chi connectivity index (χ2n) is 5.73. The molecule has 18 heavy (non-hydrogen) atoms. The van der Waals surface area contributed by atoms with Gasteiger partial charge in [-0.15, -0.1) is 0 Å². The monoisotopic (exact) mass is 253 g/mol. The fraction of sp³-hybridized carbons (Fsp3) is 0.692. The van der Waals surface area contributed by atoms with E-state index in [1.807, 2.05) is 6.92 Å². The van der Waals surface area contributed by atoms with Gasteiger partial charge in [-0.05, 0) is 11.8 Å². The van der Waals surface area contributed by atoms with Gasteiger partial charge in [0.25, 0.3) is 5.56 Å². The molecule has 0 fully saturated rings. The molecule has 0 radical (unpaired) electrons. The Balaban J connectivity index is 2.58. The van der Waals surface area contributed by atoms with Crippen LogP contribution in [0.3, 0.4) is 0 Å². The van der Waals surface area contributed by atoms with Crippen LogP contribution in [-0.2, 0) is 6.42 Å². The number of anilines is 1. The highest BCUT2D eigenvalue weighted by Gasteiger charge is 2.16. The third-order valence-electron chi connectivity index (χ3n) is 2.49. The minimum absolute atomic E-state index is 0.0806. The van der Waals surface area contributed by atoms with Crippen molar-refractivity contribution in [1.82, 2.24) is 9.97 Å². The minimum atomic E-state index is -0.448. The summed E-state index contributed by atoms with van der Waals surface area (Å²) in [7, 11) is 0. The highest BCUT2D eigenvalue weighted by molar-refractivity contribution is 5.33. The largest absolute Gasteiger partial charge is 0.391 e. The lowest BCUT2D eigenvalue weighted by atomic mass is 9.89. The number of aromatic nitrogens is 2. The Bertz CT molecular complexity index is 435. The summed E-state index contributed by atoms with van der Waals surface area (Å²) in [6, 6.07) is 1.41. The van der Waals surface area contributed by atoms with Gasteiger partial charge in [-0.2, -0.15) is 0 Å². The average molecular weight is 253 g/mol. The van der Waals surface area contributed by atoms with Crippen LogP contribution in [0.5, 0.6) is 0 Å². The van der Waals surface area contributed by atoms with Crippen LogP contribution in [0.2, 0.25) is 0 Å². The van der Waals surface area contributed by atoms with Crippen molar-refractivity contribution in [3.63, 3.8) is 0 Å². The topological polar surface area (TPSA) is 78.0 Å². The van der Waals surface area contributed by atoms with E-state index in [1.165, 1.54) is 6.07 Å². The smallest absolute Gasteiger partial charge is 0.252 e. The molecule has 1 aromatic heterocycles. The molecule has 1 atom stereocenters. The second-order valence-corrected chi connectivity index (χ2v) is 5.73. The van der Waals surface area contributed by atoms with Gasteiger partial charge in [0.2, 0.25) is 0 Å². The van der Waals surface area contributed by atoms with Crippen LogP contribution in [0.4, 0.5) is 5.82 Å². The van der Waals surface area contributed by atoms with Crippen LogP contribution in [0.25, 0.3) is 0 Å². The van der Waals surface area contributed by atoms with E-state index < -0.39 is 6.10 Å². The molecule has 1 unspecified atom stereocenters. The molecule has 0 amide bonds. The van der Waals surface area contributed by atoms with E-state index in [9.17, 15) is 9.90 Å². The molecule has 1 heterocycles. The maximum Gasteiger partial charge on any atom is 0.252 e. The van der Waals surface area contributed by atoms with E-state index in [0.717, 1.165) is 0 Å². The molecule has 0 spiro atoms. The van der Waals surface area contributed by atoms with Crippen LogP contribution >= 0.6 is 0 Å². The fourth-order valence-electron chi connectivity index (χ4n) is 1.77. The number of nitrogens with one attached hydrogen (secondary N) is 2. The van der Waals surface area contributed by atoms with Gasteiger partial charge in [-0.1, -0.05) is 27.7 Å². The zero-order chi connectivity index (χ0) is 13.8. The van der Waals surface area contributed by atoms with Crippen molar-refractivity contribution in [2.75, 3.05) is 11.9 Å². The van der Waals surface area contributed by atoms with Crippen molar-refractivity contribution >= 4 is 5.82 Å². The highest BCUT2D eigenvalue weighted by atomic mass is 16.3. The lowest BCUT2D eigenvalue weighted by molar-refractivity contribution is 0.132. The Hall–Kier alpha value is -1.36. The Morgan fingerprint density at radius 2 is 2.17 bits per heavy atom. The van der Waals surface area contributed by atoms with Crippen LogP contribution in [0.1, 0.15) is 39.9 Å². The number of hydrogen-bond acceptors (Lipinski definition) is 4. The van der Waals surface area contributed by atoms with Crippen LogP contribution in [-0.4, -0.2) is 27.7 Å². The Morgan fingerprint density at radius 1 is 1.50 bits per heavy atom. The Kier molecular flexibility index (Phi) is 4.90. The van der Waals surface area contributed by atoms with Gasteiger partial charge in [0.1, 0.15) is 11.6 Å². The molecule has 0 bridgehead atoms. The maximum atomic E-state index is 11.3. The molecule has 5 nitrogen and oxygen atoms in total. The molecule has 0 aliphatic heterocycles. The number of aliphatic hydroxyl groups excluding tert-OH is 1. The maximum absolute atomic E-state index is 11.3. The fourth-order valence-corrected chi connectivity index (χ4v) is 1.77. The van der Waals surface area contributed by atoms with Crippen molar-refractivity contribution < 1.29 is 5.11 Å². The molecule has 102 valence electrons. The summed E-state index contributed by atoms with van der Waals surface area (Å²) in [6.45, 7) is 8.57. The van der Waals surface area contributed by atoms with Gasteiger partial charge in [-0.25, -0.2) is 4.98 Å². The first-order chi connectivity index (χ1) is 8.30. The molecular formula is C13H23N3O2. The van der Waals surface area contributed by atoms with Crippen LogP contribution < -0.4 is 10.9 Å². The van der Waals surface area contributed by atoms with Gasteiger partial charge >= 0.3 is 0 Å².